The molecule has 0 unspecified atom stereocenters. The van der Waals surface area contributed by atoms with Crippen LogP contribution in [0.2, 0.25) is 0 Å². The highest BCUT2D eigenvalue weighted by atomic mass is 79.9. The van der Waals surface area contributed by atoms with E-state index in [1.807, 2.05) is 42.3 Å². The van der Waals surface area contributed by atoms with Crippen LogP contribution in [0.5, 0.6) is 5.75 Å². The lowest BCUT2D eigenvalue weighted by atomic mass is 10.00. The van der Waals surface area contributed by atoms with Crippen molar-refractivity contribution in [3.63, 3.8) is 0 Å². The van der Waals surface area contributed by atoms with E-state index >= 15 is 0 Å². The lowest BCUT2D eigenvalue weighted by Crippen LogP contribution is -2.49. The molecule has 1 aliphatic rings. The van der Waals surface area contributed by atoms with Gasteiger partial charge in [-0.2, -0.15) is 0 Å². The summed E-state index contributed by atoms with van der Waals surface area (Å²) in [7, 11) is 0. The molecule has 0 N–H and O–H groups in total. The van der Waals surface area contributed by atoms with Gasteiger partial charge < -0.3 is 14.5 Å². The van der Waals surface area contributed by atoms with E-state index in [-0.39, 0.29) is 42.9 Å². The Morgan fingerprint density at radius 2 is 1.97 bits per heavy atom. The van der Waals surface area contributed by atoms with Crippen LogP contribution in [0.1, 0.15) is 40.7 Å². The zero-order valence-electron chi connectivity index (χ0n) is 19.0. The van der Waals surface area contributed by atoms with Gasteiger partial charge in [-0.05, 0) is 79.7 Å². The van der Waals surface area contributed by atoms with Crippen LogP contribution in [-0.2, 0) is 11.2 Å². The van der Waals surface area contributed by atoms with Crippen molar-refractivity contribution in [1.29, 1.82) is 0 Å². The van der Waals surface area contributed by atoms with Crippen molar-refractivity contribution in [3.8, 4) is 5.75 Å². The Balaban J connectivity index is 1.53. The van der Waals surface area contributed by atoms with Crippen molar-refractivity contribution in [2.24, 2.45) is 0 Å². The highest BCUT2D eigenvalue weighted by Gasteiger charge is 2.34. The maximum atomic E-state index is 13.5. The zero-order valence-corrected chi connectivity index (χ0v) is 21.4. The molecular formula is C26H26BrFN2O3S. The van der Waals surface area contributed by atoms with Gasteiger partial charge in [0.25, 0.3) is 5.91 Å². The van der Waals surface area contributed by atoms with E-state index < -0.39 is 0 Å². The predicted octanol–water partition coefficient (Wildman–Crippen LogP) is 5.71. The summed E-state index contributed by atoms with van der Waals surface area (Å²) in [5.74, 6) is -0.0887. The first kappa shape index (κ1) is 24.4. The molecule has 0 spiro atoms. The number of rotatable bonds is 7. The average molecular weight is 545 g/mol. The van der Waals surface area contributed by atoms with Crippen LogP contribution in [0.3, 0.4) is 0 Å². The molecule has 2 aromatic carbocycles. The minimum absolute atomic E-state index is 0.0183. The van der Waals surface area contributed by atoms with Gasteiger partial charge in [0.15, 0.2) is 0 Å². The summed E-state index contributed by atoms with van der Waals surface area (Å²) in [5.41, 5.74) is 1.60. The first-order valence-corrected chi connectivity index (χ1v) is 12.8. The smallest absolute Gasteiger partial charge is 0.254 e. The molecule has 0 fully saturated rings. The van der Waals surface area contributed by atoms with Crippen LogP contribution < -0.4 is 4.74 Å². The van der Waals surface area contributed by atoms with Gasteiger partial charge in [0.1, 0.15) is 24.7 Å². The minimum atomic E-state index is -0.328. The van der Waals surface area contributed by atoms with E-state index in [2.05, 4.69) is 15.9 Å². The third-order valence-electron chi connectivity index (χ3n) is 5.90. The van der Waals surface area contributed by atoms with Gasteiger partial charge >= 0.3 is 0 Å². The first-order valence-electron chi connectivity index (χ1n) is 11.1. The number of hydrogen-bond acceptors (Lipinski definition) is 4. The topological polar surface area (TPSA) is 49.9 Å². The number of carbonyl (C=O) groups is 2. The Hall–Kier alpha value is -2.71. The quantitative estimate of drug-likeness (QED) is 0.383. The van der Waals surface area contributed by atoms with Crippen LogP contribution in [0.4, 0.5) is 4.39 Å². The lowest BCUT2D eigenvalue weighted by molar-refractivity contribution is -0.136. The van der Waals surface area contributed by atoms with Gasteiger partial charge in [0.05, 0.1) is 6.04 Å². The van der Waals surface area contributed by atoms with Crippen molar-refractivity contribution < 1.29 is 18.7 Å². The molecule has 34 heavy (non-hydrogen) atoms. The number of nitrogens with zero attached hydrogens (tertiary/aromatic N) is 2. The summed E-state index contributed by atoms with van der Waals surface area (Å²) in [5, 5.41) is 2.03. The summed E-state index contributed by atoms with van der Waals surface area (Å²) in [6.07, 6.45) is 0.771. The molecule has 5 nitrogen and oxygen atoms in total. The maximum Gasteiger partial charge on any atom is 0.254 e. The van der Waals surface area contributed by atoms with Crippen molar-refractivity contribution in [1.82, 2.24) is 9.80 Å². The number of fused-ring (bicyclic) bond motifs is 1. The van der Waals surface area contributed by atoms with E-state index in [0.717, 1.165) is 16.5 Å². The SMILES string of the molecule is CC(C)N(CC(=O)N1CCc2sccc2[C@@H]1COc1ccc(F)cc1)C(=O)c1cccc(Br)c1. The van der Waals surface area contributed by atoms with Gasteiger partial charge in [-0.3, -0.25) is 9.59 Å². The van der Waals surface area contributed by atoms with Crippen LogP contribution >= 0.6 is 27.3 Å². The molecule has 0 saturated heterocycles. The summed E-state index contributed by atoms with van der Waals surface area (Å²) in [6.45, 7) is 4.61. The molecule has 2 amide bonds. The summed E-state index contributed by atoms with van der Waals surface area (Å²) in [6, 6.07) is 14.7. The minimum Gasteiger partial charge on any atom is -0.491 e. The maximum absolute atomic E-state index is 13.5. The molecule has 1 atom stereocenters. The highest BCUT2D eigenvalue weighted by Crippen LogP contribution is 2.34. The second-order valence-corrected chi connectivity index (χ2v) is 10.4. The highest BCUT2D eigenvalue weighted by molar-refractivity contribution is 9.10. The molecule has 4 rings (SSSR count). The van der Waals surface area contributed by atoms with Crippen molar-refractivity contribution in [3.05, 3.63) is 86.3 Å². The fourth-order valence-corrected chi connectivity index (χ4v) is 5.42. The average Bonchev–Trinajstić information content (AvgIpc) is 3.30. The second kappa shape index (κ2) is 10.7. The largest absolute Gasteiger partial charge is 0.491 e. The van der Waals surface area contributed by atoms with E-state index in [1.165, 1.54) is 17.0 Å². The number of halogens is 2. The number of carbonyl (C=O) groups excluding carboxylic acids is 2. The Labute approximate surface area is 211 Å². The van der Waals surface area contributed by atoms with Crippen molar-refractivity contribution >= 4 is 39.1 Å². The Morgan fingerprint density at radius 1 is 1.21 bits per heavy atom. The van der Waals surface area contributed by atoms with Crippen molar-refractivity contribution in [2.45, 2.75) is 32.4 Å². The van der Waals surface area contributed by atoms with Gasteiger partial charge in [-0.25, -0.2) is 4.39 Å². The van der Waals surface area contributed by atoms with Crippen LogP contribution in [0.25, 0.3) is 0 Å². The Morgan fingerprint density at radius 3 is 2.68 bits per heavy atom. The molecule has 178 valence electrons. The molecule has 0 saturated carbocycles. The molecule has 1 aromatic heterocycles. The standard InChI is InChI=1S/C26H26BrFN2O3S/c1-17(2)30(26(32)18-4-3-5-19(27)14-18)15-25(31)29-12-10-24-22(11-13-34-24)23(29)16-33-21-8-6-20(28)7-9-21/h3-9,11,13-14,17,23H,10,12,15-16H2,1-2H3/t23-/m0/s1. The molecule has 2 heterocycles. The molecule has 3 aromatic rings. The number of ether oxygens (including phenoxy) is 1. The van der Waals surface area contributed by atoms with Crippen molar-refractivity contribution in [2.75, 3.05) is 19.7 Å². The number of hydrogen-bond donors (Lipinski definition) is 0. The number of thiophene rings is 1. The van der Waals surface area contributed by atoms with E-state index in [0.29, 0.717) is 17.9 Å². The van der Waals surface area contributed by atoms with Gasteiger partial charge in [-0.15, -0.1) is 11.3 Å². The fraction of sp³-hybridized carbons (Fsp3) is 0.308. The summed E-state index contributed by atoms with van der Waals surface area (Å²) in [4.78, 5) is 31.4. The Kier molecular flexibility index (Phi) is 7.68. The van der Waals surface area contributed by atoms with Crippen LogP contribution in [0.15, 0.2) is 64.5 Å². The molecule has 0 aliphatic carbocycles. The van der Waals surface area contributed by atoms with Gasteiger partial charge in [-0.1, -0.05) is 22.0 Å². The molecule has 8 heteroatoms. The summed E-state index contributed by atoms with van der Waals surface area (Å²) >= 11 is 5.09. The predicted molar refractivity (Wildman–Crippen MR) is 135 cm³/mol. The second-order valence-electron chi connectivity index (χ2n) is 8.45. The molecular weight excluding hydrogens is 519 g/mol. The van der Waals surface area contributed by atoms with Crippen LogP contribution in [0, 0.1) is 5.82 Å². The van der Waals surface area contributed by atoms with Crippen LogP contribution in [-0.4, -0.2) is 47.4 Å². The number of benzene rings is 2. The van der Waals surface area contributed by atoms with Gasteiger partial charge in [0, 0.05) is 27.5 Å². The van der Waals surface area contributed by atoms with E-state index in [1.54, 1.807) is 40.5 Å². The molecule has 0 bridgehead atoms. The fourth-order valence-electron chi connectivity index (χ4n) is 4.09. The van der Waals surface area contributed by atoms with E-state index in [4.69, 9.17) is 4.74 Å². The summed E-state index contributed by atoms with van der Waals surface area (Å²) < 4.78 is 20.0. The monoisotopic (exact) mass is 544 g/mol. The normalized spacial score (nSPS) is 15.2. The van der Waals surface area contributed by atoms with Gasteiger partial charge in [0.2, 0.25) is 5.91 Å². The van der Waals surface area contributed by atoms with E-state index in [9.17, 15) is 14.0 Å². The zero-order chi connectivity index (χ0) is 24.2. The third-order valence-corrected chi connectivity index (χ3v) is 7.39. The molecule has 0 radical (unpaired) electrons. The molecule has 1 aliphatic heterocycles. The lowest BCUT2D eigenvalue weighted by Gasteiger charge is -2.37. The number of amides is 2. The first-order chi connectivity index (χ1) is 16.3. The third kappa shape index (κ3) is 5.50. The Bertz CT molecular complexity index is 1160.